The van der Waals surface area contributed by atoms with Gasteiger partial charge in [-0.3, -0.25) is 4.79 Å². The molecule has 2 nitrogen and oxygen atoms in total. The van der Waals surface area contributed by atoms with Crippen LogP contribution in [0, 0.1) is 5.92 Å². The fourth-order valence-electron chi connectivity index (χ4n) is 1.11. The first-order valence-corrected chi connectivity index (χ1v) is 3.51. The molecule has 1 saturated heterocycles. The Kier molecular flexibility index (Phi) is 2.09. The van der Waals surface area contributed by atoms with E-state index in [1.165, 1.54) is 0 Å². The van der Waals surface area contributed by atoms with E-state index in [1.807, 2.05) is 6.92 Å². The molecule has 0 unspecified atom stereocenters. The topological polar surface area (TPSA) is 26.3 Å². The summed E-state index contributed by atoms with van der Waals surface area (Å²) in [6, 6.07) is 0. The molecule has 0 bridgehead atoms. The number of hydrogen-bond donors (Lipinski definition) is 0. The zero-order valence-corrected chi connectivity index (χ0v) is 5.72. The summed E-state index contributed by atoms with van der Waals surface area (Å²) in [4.78, 5) is 10.8. The van der Waals surface area contributed by atoms with Gasteiger partial charge in [0.1, 0.15) is 0 Å². The summed E-state index contributed by atoms with van der Waals surface area (Å²) < 4.78 is 4.84. The Bertz CT molecular complexity index is 109. The Morgan fingerprint density at radius 1 is 1.78 bits per heavy atom. The molecule has 1 rings (SSSR count). The van der Waals surface area contributed by atoms with Gasteiger partial charge in [0, 0.05) is 0 Å². The average molecular weight is 128 g/mol. The SMILES string of the molecule is CC[C@H]1CCCOC1=O. The number of rotatable bonds is 1. The van der Waals surface area contributed by atoms with Crippen LogP contribution < -0.4 is 0 Å². The summed E-state index contributed by atoms with van der Waals surface area (Å²) in [6.45, 7) is 2.66. The molecule has 1 atom stereocenters. The van der Waals surface area contributed by atoms with Crippen LogP contribution in [0.15, 0.2) is 0 Å². The van der Waals surface area contributed by atoms with Gasteiger partial charge < -0.3 is 4.74 Å². The zero-order valence-electron chi connectivity index (χ0n) is 5.72. The number of carbonyl (C=O) groups excluding carboxylic acids is 1. The van der Waals surface area contributed by atoms with Crippen molar-refractivity contribution < 1.29 is 9.53 Å². The van der Waals surface area contributed by atoms with Crippen LogP contribution in [0.25, 0.3) is 0 Å². The van der Waals surface area contributed by atoms with Crippen molar-refractivity contribution in [3.05, 3.63) is 0 Å². The lowest BCUT2D eigenvalue weighted by atomic mass is 9.99. The highest BCUT2D eigenvalue weighted by Crippen LogP contribution is 2.17. The standard InChI is InChI=1S/C7H12O2/c1-2-6-4-3-5-9-7(6)8/h6H,2-5H2,1H3/t6-/m0/s1. The first-order valence-electron chi connectivity index (χ1n) is 3.51. The van der Waals surface area contributed by atoms with E-state index in [9.17, 15) is 4.79 Å². The second kappa shape index (κ2) is 2.85. The fourth-order valence-corrected chi connectivity index (χ4v) is 1.11. The Balaban J connectivity index is 2.39. The van der Waals surface area contributed by atoms with E-state index in [2.05, 4.69) is 0 Å². The summed E-state index contributed by atoms with van der Waals surface area (Å²) in [7, 11) is 0. The molecule has 0 saturated carbocycles. The molecular weight excluding hydrogens is 116 g/mol. The Morgan fingerprint density at radius 3 is 3.00 bits per heavy atom. The van der Waals surface area contributed by atoms with Gasteiger partial charge in [-0.1, -0.05) is 6.92 Å². The lowest BCUT2D eigenvalue weighted by molar-refractivity contribution is -0.152. The number of ether oxygens (including phenoxy) is 1. The third kappa shape index (κ3) is 1.44. The highest BCUT2D eigenvalue weighted by atomic mass is 16.5. The average Bonchev–Trinajstić information content (AvgIpc) is 1.89. The van der Waals surface area contributed by atoms with E-state index in [4.69, 9.17) is 4.74 Å². The van der Waals surface area contributed by atoms with E-state index in [0.717, 1.165) is 19.3 Å². The molecule has 0 aromatic heterocycles. The summed E-state index contributed by atoms with van der Waals surface area (Å²) in [6.07, 6.45) is 3.00. The molecule has 1 fully saturated rings. The Morgan fingerprint density at radius 2 is 2.56 bits per heavy atom. The second-order valence-electron chi connectivity index (χ2n) is 2.41. The number of esters is 1. The molecule has 0 spiro atoms. The lowest BCUT2D eigenvalue weighted by Crippen LogP contribution is -2.23. The lowest BCUT2D eigenvalue weighted by Gasteiger charge is -2.18. The first kappa shape index (κ1) is 6.59. The van der Waals surface area contributed by atoms with Crippen molar-refractivity contribution in [2.45, 2.75) is 26.2 Å². The quantitative estimate of drug-likeness (QED) is 0.498. The third-order valence-electron chi connectivity index (χ3n) is 1.77. The highest BCUT2D eigenvalue weighted by molar-refractivity contribution is 5.72. The van der Waals surface area contributed by atoms with Crippen molar-refractivity contribution in [3.8, 4) is 0 Å². The molecule has 1 heterocycles. The van der Waals surface area contributed by atoms with Crippen LogP contribution in [0.1, 0.15) is 26.2 Å². The molecule has 1 aliphatic rings. The molecule has 52 valence electrons. The summed E-state index contributed by atoms with van der Waals surface area (Å²) in [5, 5.41) is 0. The smallest absolute Gasteiger partial charge is 0.308 e. The van der Waals surface area contributed by atoms with Gasteiger partial charge in [0.25, 0.3) is 0 Å². The summed E-state index contributed by atoms with van der Waals surface area (Å²) in [5.74, 6) is 0.197. The van der Waals surface area contributed by atoms with Crippen LogP contribution in [0.5, 0.6) is 0 Å². The van der Waals surface area contributed by atoms with Gasteiger partial charge in [-0.05, 0) is 19.3 Å². The summed E-state index contributed by atoms with van der Waals surface area (Å²) in [5.41, 5.74) is 0. The number of carbonyl (C=O) groups is 1. The maximum Gasteiger partial charge on any atom is 0.308 e. The van der Waals surface area contributed by atoms with Crippen LogP contribution in [0.3, 0.4) is 0 Å². The normalized spacial score (nSPS) is 27.7. The third-order valence-corrected chi connectivity index (χ3v) is 1.77. The summed E-state index contributed by atoms with van der Waals surface area (Å²) >= 11 is 0. The van der Waals surface area contributed by atoms with Crippen molar-refractivity contribution in [2.24, 2.45) is 5.92 Å². The molecule has 9 heavy (non-hydrogen) atoms. The molecule has 0 amide bonds. The molecule has 0 aromatic carbocycles. The zero-order chi connectivity index (χ0) is 6.69. The van der Waals surface area contributed by atoms with Gasteiger partial charge in [-0.15, -0.1) is 0 Å². The van der Waals surface area contributed by atoms with Gasteiger partial charge in [-0.25, -0.2) is 0 Å². The van der Waals surface area contributed by atoms with Gasteiger partial charge in [0.2, 0.25) is 0 Å². The second-order valence-corrected chi connectivity index (χ2v) is 2.41. The van der Waals surface area contributed by atoms with Crippen LogP contribution >= 0.6 is 0 Å². The first-order chi connectivity index (χ1) is 4.34. The Labute approximate surface area is 55.2 Å². The number of cyclic esters (lactones) is 1. The maximum atomic E-state index is 10.8. The number of hydrogen-bond acceptors (Lipinski definition) is 2. The molecule has 0 N–H and O–H groups in total. The minimum Gasteiger partial charge on any atom is -0.465 e. The predicted octanol–water partition coefficient (Wildman–Crippen LogP) is 1.35. The molecule has 2 heteroatoms. The van der Waals surface area contributed by atoms with Crippen molar-refractivity contribution in [1.82, 2.24) is 0 Å². The van der Waals surface area contributed by atoms with E-state index < -0.39 is 0 Å². The van der Waals surface area contributed by atoms with Crippen molar-refractivity contribution >= 4 is 5.97 Å². The van der Waals surface area contributed by atoms with E-state index in [-0.39, 0.29) is 11.9 Å². The fraction of sp³-hybridized carbons (Fsp3) is 0.857. The largest absolute Gasteiger partial charge is 0.465 e. The van der Waals surface area contributed by atoms with Crippen LogP contribution in [0.4, 0.5) is 0 Å². The van der Waals surface area contributed by atoms with Crippen LogP contribution in [0.2, 0.25) is 0 Å². The molecule has 0 aliphatic carbocycles. The van der Waals surface area contributed by atoms with Gasteiger partial charge in [0.15, 0.2) is 0 Å². The monoisotopic (exact) mass is 128 g/mol. The van der Waals surface area contributed by atoms with Gasteiger partial charge in [-0.2, -0.15) is 0 Å². The van der Waals surface area contributed by atoms with E-state index in [0.29, 0.717) is 6.61 Å². The van der Waals surface area contributed by atoms with E-state index >= 15 is 0 Å². The van der Waals surface area contributed by atoms with Crippen LogP contribution in [-0.4, -0.2) is 12.6 Å². The van der Waals surface area contributed by atoms with Crippen molar-refractivity contribution in [3.63, 3.8) is 0 Å². The van der Waals surface area contributed by atoms with Crippen molar-refractivity contribution in [1.29, 1.82) is 0 Å². The minimum atomic E-state index is 0.00347. The predicted molar refractivity (Wildman–Crippen MR) is 34.0 cm³/mol. The van der Waals surface area contributed by atoms with Crippen molar-refractivity contribution in [2.75, 3.05) is 6.61 Å². The van der Waals surface area contributed by atoms with E-state index in [1.54, 1.807) is 0 Å². The minimum absolute atomic E-state index is 0.00347. The van der Waals surface area contributed by atoms with Gasteiger partial charge in [0.05, 0.1) is 12.5 Å². The van der Waals surface area contributed by atoms with Crippen LogP contribution in [-0.2, 0) is 9.53 Å². The molecular formula is C7H12O2. The molecule has 1 aliphatic heterocycles. The molecule has 0 aromatic rings. The molecule has 0 radical (unpaired) electrons. The Hall–Kier alpha value is -0.530. The maximum absolute atomic E-state index is 10.8. The highest BCUT2D eigenvalue weighted by Gasteiger charge is 2.21. The van der Waals surface area contributed by atoms with Gasteiger partial charge >= 0.3 is 5.97 Å².